The average Bonchev–Trinajstić information content (AvgIpc) is 2.64. The van der Waals surface area contributed by atoms with Crippen LogP contribution in [0.1, 0.15) is 12.0 Å². The van der Waals surface area contributed by atoms with Crippen LogP contribution in [0.4, 0.5) is 4.39 Å². The summed E-state index contributed by atoms with van der Waals surface area (Å²) in [6.07, 6.45) is 3.92. The van der Waals surface area contributed by atoms with E-state index in [-0.39, 0.29) is 11.7 Å². The number of benzene rings is 1. The van der Waals surface area contributed by atoms with Crippen LogP contribution in [0, 0.1) is 11.7 Å². The van der Waals surface area contributed by atoms with Gasteiger partial charge in [-0.25, -0.2) is 4.39 Å². The van der Waals surface area contributed by atoms with Crippen molar-refractivity contribution in [3.63, 3.8) is 0 Å². The summed E-state index contributed by atoms with van der Waals surface area (Å²) in [5.74, 6) is 0.0248. The third kappa shape index (κ3) is 2.88. The Morgan fingerprint density at radius 1 is 1.33 bits per heavy atom. The lowest BCUT2D eigenvalue weighted by Crippen LogP contribution is -2.00. The highest BCUT2D eigenvalue weighted by Gasteiger charge is 2.20. The molecule has 1 aliphatic rings. The third-order valence-corrected chi connectivity index (χ3v) is 2.44. The molecule has 3 heteroatoms. The molecule has 15 heavy (non-hydrogen) atoms. The van der Waals surface area contributed by atoms with E-state index < -0.39 is 6.29 Å². The van der Waals surface area contributed by atoms with Crippen molar-refractivity contribution in [2.45, 2.75) is 12.7 Å². The molecule has 1 fully saturated rings. The van der Waals surface area contributed by atoms with Gasteiger partial charge in [-0.1, -0.05) is 24.3 Å². The molecule has 0 radical (unpaired) electrons. The molecular formula is C12H13FO2. The van der Waals surface area contributed by atoms with Gasteiger partial charge in [0, 0.05) is 12.3 Å². The van der Waals surface area contributed by atoms with Crippen molar-refractivity contribution in [2.75, 3.05) is 6.61 Å². The summed E-state index contributed by atoms with van der Waals surface area (Å²) in [6, 6.07) is 6.30. The first kappa shape index (κ1) is 10.3. The summed E-state index contributed by atoms with van der Waals surface area (Å²) < 4.78 is 17.6. The first-order chi connectivity index (χ1) is 7.24. The summed E-state index contributed by atoms with van der Waals surface area (Å²) in [5.41, 5.74) is 0.956. The van der Waals surface area contributed by atoms with Crippen molar-refractivity contribution in [1.29, 1.82) is 0 Å². The Morgan fingerprint density at radius 3 is 2.67 bits per heavy atom. The van der Waals surface area contributed by atoms with Gasteiger partial charge >= 0.3 is 0 Å². The lowest BCUT2D eigenvalue weighted by molar-refractivity contribution is -0.0590. The molecule has 2 atom stereocenters. The zero-order valence-electron chi connectivity index (χ0n) is 8.27. The lowest BCUT2D eigenvalue weighted by atomic mass is 10.1. The molecule has 0 bridgehead atoms. The van der Waals surface area contributed by atoms with Crippen molar-refractivity contribution >= 4 is 6.08 Å². The van der Waals surface area contributed by atoms with Gasteiger partial charge in [-0.05, 0) is 17.7 Å². The molecule has 2 rings (SSSR count). The first-order valence-corrected chi connectivity index (χ1v) is 4.97. The number of ether oxygens (including phenoxy) is 1. The van der Waals surface area contributed by atoms with E-state index in [0.29, 0.717) is 13.0 Å². The Kier molecular flexibility index (Phi) is 3.14. The van der Waals surface area contributed by atoms with E-state index in [9.17, 15) is 4.39 Å². The summed E-state index contributed by atoms with van der Waals surface area (Å²) in [4.78, 5) is 0. The van der Waals surface area contributed by atoms with E-state index in [0.717, 1.165) is 5.56 Å². The van der Waals surface area contributed by atoms with Gasteiger partial charge in [0.1, 0.15) is 5.82 Å². The second kappa shape index (κ2) is 4.55. The van der Waals surface area contributed by atoms with E-state index in [1.54, 1.807) is 12.1 Å². The largest absolute Gasteiger partial charge is 0.368 e. The van der Waals surface area contributed by atoms with Crippen molar-refractivity contribution < 1.29 is 14.2 Å². The number of aliphatic hydroxyl groups is 1. The van der Waals surface area contributed by atoms with Gasteiger partial charge in [-0.2, -0.15) is 0 Å². The van der Waals surface area contributed by atoms with Gasteiger partial charge in [0.25, 0.3) is 0 Å². The maximum absolute atomic E-state index is 12.6. The fraction of sp³-hybridized carbons (Fsp3) is 0.333. The molecular weight excluding hydrogens is 195 g/mol. The molecule has 1 N–H and O–H groups in total. The van der Waals surface area contributed by atoms with E-state index in [2.05, 4.69) is 0 Å². The Balaban J connectivity index is 1.96. The number of hydrogen-bond acceptors (Lipinski definition) is 2. The Morgan fingerprint density at radius 2 is 2.07 bits per heavy atom. The average molecular weight is 208 g/mol. The zero-order chi connectivity index (χ0) is 10.7. The minimum atomic E-state index is -0.632. The number of aliphatic hydroxyl groups excluding tert-OH is 1. The van der Waals surface area contributed by atoms with Crippen molar-refractivity contribution in [3.8, 4) is 0 Å². The van der Waals surface area contributed by atoms with Crippen LogP contribution in [-0.4, -0.2) is 18.0 Å². The second-order valence-electron chi connectivity index (χ2n) is 3.69. The third-order valence-electron chi connectivity index (χ3n) is 2.44. The summed E-state index contributed by atoms with van der Waals surface area (Å²) >= 11 is 0. The predicted molar refractivity (Wildman–Crippen MR) is 55.5 cm³/mol. The van der Waals surface area contributed by atoms with Crippen LogP contribution in [0.2, 0.25) is 0 Å². The van der Waals surface area contributed by atoms with Gasteiger partial charge in [-0.15, -0.1) is 0 Å². The highest BCUT2D eigenvalue weighted by molar-refractivity contribution is 5.49. The van der Waals surface area contributed by atoms with Crippen molar-refractivity contribution in [3.05, 3.63) is 41.7 Å². The molecule has 80 valence electrons. The SMILES string of the molecule is OC1CC(/C=C/c2ccc(F)cc2)CO1. The molecule has 0 aromatic heterocycles. The second-order valence-corrected chi connectivity index (χ2v) is 3.69. The minimum absolute atomic E-state index is 0.230. The molecule has 0 amide bonds. The molecule has 1 saturated heterocycles. The van der Waals surface area contributed by atoms with Gasteiger partial charge < -0.3 is 9.84 Å². The highest BCUT2D eigenvalue weighted by Crippen LogP contribution is 2.19. The highest BCUT2D eigenvalue weighted by atomic mass is 19.1. The van der Waals surface area contributed by atoms with Crippen LogP contribution in [0.5, 0.6) is 0 Å². The molecule has 1 aliphatic heterocycles. The Labute approximate surface area is 88.0 Å². The Bertz CT molecular complexity index is 345. The Hall–Kier alpha value is -1.19. The maximum atomic E-state index is 12.6. The van der Waals surface area contributed by atoms with Crippen LogP contribution in [0.15, 0.2) is 30.3 Å². The van der Waals surface area contributed by atoms with Crippen LogP contribution in [0.25, 0.3) is 6.08 Å². The smallest absolute Gasteiger partial charge is 0.155 e. The molecule has 1 heterocycles. The van der Waals surface area contributed by atoms with Gasteiger partial charge in [0.2, 0.25) is 0 Å². The van der Waals surface area contributed by atoms with Crippen LogP contribution in [-0.2, 0) is 4.74 Å². The van der Waals surface area contributed by atoms with Gasteiger partial charge in [0.05, 0.1) is 6.61 Å². The van der Waals surface area contributed by atoms with Crippen molar-refractivity contribution in [1.82, 2.24) is 0 Å². The van der Waals surface area contributed by atoms with Crippen LogP contribution >= 0.6 is 0 Å². The summed E-state index contributed by atoms with van der Waals surface area (Å²) in [5, 5.41) is 9.13. The molecule has 1 aromatic rings. The fourth-order valence-electron chi connectivity index (χ4n) is 1.58. The lowest BCUT2D eigenvalue weighted by Gasteiger charge is -1.98. The number of rotatable bonds is 2. The normalized spacial score (nSPS) is 26.3. The molecule has 0 saturated carbocycles. The molecule has 2 nitrogen and oxygen atoms in total. The van der Waals surface area contributed by atoms with Crippen LogP contribution in [0.3, 0.4) is 0 Å². The monoisotopic (exact) mass is 208 g/mol. The zero-order valence-corrected chi connectivity index (χ0v) is 8.27. The minimum Gasteiger partial charge on any atom is -0.368 e. The van der Waals surface area contributed by atoms with Crippen molar-refractivity contribution in [2.24, 2.45) is 5.92 Å². The summed E-state index contributed by atoms with van der Waals surface area (Å²) in [7, 11) is 0. The maximum Gasteiger partial charge on any atom is 0.155 e. The predicted octanol–water partition coefficient (Wildman–Crippen LogP) is 2.19. The molecule has 0 aliphatic carbocycles. The van der Waals surface area contributed by atoms with E-state index in [4.69, 9.17) is 9.84 Å². The number of halogens is 1. The molecule has 1 aromatic carbocycles. The van der Waals surface area contributed by atoms with Gasteiger partial charge in [0.15, 0.2) is 6.29 Å². The van der Waals surface area contributed by atoms with E-state index in [1.165, 1.54) is 12.1 Å². The van der Waals surface area contributed by atoms with Gasteiger partial charge in [-0.3, -0.25) is 0 Å². The topological polar surface area (TPSA) is 29.5 Å². The molecule has 0 spiro atoms. The number of hydrogen-bond donors (Lipinski definition) is 1. The fourth-order valence-corrected chi connectivity index (χ4v) is 1.58. The van der Waals surface area contributed by atoms with E-state index >= 15 is 0 Å². The first-order valence-electron chi connectivity index (χ1n) is 4.97. The van der Waals surface area contributed by atoms with E-state index in [1.807, 2.05) is 12.2 Å². The standard InChI is InChI=1S/C12H13FO2/c13-11-5-3-9(4-6-11)1-2-10-7-12(14)15-8-10/h1-6,10,12,14H,7-8H2/b2-1+. The van der Waals surface area contributed by atoms with Crippen LogP contribution < -0.4 is 0 Å². The summed E-state index contributed by atoms with van der Waals surface area (Å²) in [6.45, 7) is 0.554. The quantitative estimate of drug-likeness (QED) is 0.807. The molecule has 2 unspecified atom stereocenters.